The molecule has 1 aliphatic rings. The molecular formula is C22H21F3N4O2. The standard InChI is InChI=1S/C22H21F3N4O2/c1-12-18(27-13(2)19(12)21(30)31)11-29-8-7-17-15(10-29)9-26-20(28-17)14-3-5-16(6-4-14)22(23,24)25/h3-6,9,27H,7-8,10-11H2,1-2H3,(H,30,31). The van der Waals surface area contributed by atoms with Gasteiger partial charge in [0.25, 0.3) is 0 Å². The average molecular weight is 430 g/mol. The van der Waals surface area contributed by atoms with E-state index in [0.29, 0.717) is 42.2 Å². The number of aromatic carboxylic acids is 1. The number of hydrogen-bond donors (Lipinski definition) is 2. The maximum atomic E-state index is 12.8. The molecule has 3 heterocycles. The molecule has 0 bridgehead atoms. The molecule has 162 valence electrons. The summed E-state index contributed by atoms with van der Waals surface area (Å²) in [6.45, 7) is 5.49. The lowest BCUT2D eigenvalue weighted by atomic mass is 10.1. The molecule has 4 rings (SSSR count). The number of nitrogens with zero attached hydrogens (tertiary/aromatic N) is 3. The SMILES string of the molecule is Cc1[nH]c(CN2CCc3nc(-c4ccc(C(F)(F)F)cc4)ncc3C2)c(C)c1C(=O)O. The zero-order valence-electron chi connectivity index (χ0n) is 17.0. The number of H-pyrrole nitrogens is 1. The van der Waals surface area contributed by atoms with Gasteiger partial charge in [-0.3, -0.25) is 4.90 Å². The van der Waals surface area contributed by atoms with E-state index in [-0.39, 0.29) is 0 Å². The number of alkyl halides is 3. The van der Waals surface area contributed by atoms with Gasteiger partial charge in [0.05, 0.1) is 16.8 Å². The lowest BCUT2D eigenvalue weighted by molar-refractivity contribution is -0.137. The number of nitrogens with one attached hydrogen (secondary N) is 1. The molecule has 0 saturated carbocycles. The first-order valence-corrected chi connectivity index (χ1v) is 9.79. The summed E-state index contributed by atoms with van der Waals surface area (Å²) in [6.07, 6.45) is -1.98. The Morgan fingerprint density at radius 1 is 1.23 bits per heavy atom. The summed E-state index contributed by atoms with van der Waals surface area (Å²) >= 11 is 0. The highest BCUT2D eigenvalue weighted by Crippen LogP contribution is 2.31. The van der Waals surface area contributed by atoms with Crippen LogP contribution in [-0.2, 0) is 25.7 Å². The van der Waals surface area contributed by atoms with Crippen LogP contribution in [0.25, 0.3) is 11.4 Å². The van der Waals surface area contributed by atoms with Crippen molar-refractivity contribution in [3.63, 3.8) is 0 Å². The summed E-state index contributed by atoms with van der Waals surface area (Å²) in [5, 5.41) is 9.36. The summed E-state index contributed by atoms with van der Waals surface area (Å²) in [5.74, 6) is -0.534. The van der Waals surface area contributed by atoms with Gasteiger partial charge in [-0.2, -0.15) is 13.2 Å². The zero-order valence-corrected chi connectivity index (χ0v) is 17.0. The number of hydrogen-bond acceptors (Lipinski definition) is 4. The molecule has 1 aromatic carbocycles. The number of fused-ring (bicyclic) bond motifs is 1. The van der Waals surface area contributed by atoms with Crippen LogP contribution in [0.1, 0.15) is 44.1 Å². The number of benzene rings is 1. The predicted molar refractivity (Wildman–Crippen MR) is 108 cm³/mol. The number of aromatic amines is 1. The fraction of sp³-hybridized carbons (Fsp3) is 0.318. The highest BCUT2D eigenvalue weighted by molar-refractivity contribution is 5.91. The molecule has 0 aliphatic carbocycles. The molecule has 2 aromatic heterocycles. The molecule has 0 saturated heterocycles. The van der Waals surface area contributed by atoms with Gasteiger partial charge in [-0.25, -0.2) is 14.8 Å². The molecule has 0 atom stereocenters. The minimum Gasteiger partial charge on any atom is -0.478 e. The molecule has 31 heavy (non-hydrogen) atoms. The smallest absolute Gasteiger partial charge is 0.416 e. The summed E-state index contributed by atoms with van der Waals surface area (Å²) in [5.41, 5.74) is 4.25. The number of carbonyl (C=O) groups is 1. The first-order valence-electron chi connectivity index (χ1n) is 9.79. The van der Waals surface area contributed by atoms with Gasteiger partial charge in [0, 0.05) is 54.8 Å². The van der Waals surface area contributed by atoms with Crippen LogP contribution >= 0.6 is 0 Å². The Bertz CT molecular complexity index is 1140. The molecule has 3 aromatic rings. The van der Waals surface area contributed by atoms with Gasteiger partial charge in [0.15, 0.2) is 5.82 Å². The van der Waals surface area contributed by atoms with E-state index < -0.39 is 17.7 Å². The van der Waals surface area contributed by atoms with E-state index in [4.69, 9.17) is 0 Å². The molecule has 0 radical (unpaired) electrons. The number of aryl methyl sites for hydroxylation is 1. The Hall–Kier alpha value is -3.20. The van der Waals surface area contributed by atoms with Crippen molar-refractivity contribution in [1.29, 1.82) is 0 Å². The Morgan fingerprint density at radius 3 is 2.55 bits per heavy atom. The number of halogens is 3. The second-order valence-corrected chi connectivity index (χ2v) is 7.74. The van der Waals surface area contributed by atoms with Crippen molar-refractivity contribution in [2.45, 2.75) is 39.5 Å². The Kier molecular flexibility index (Phi) is 5.30. The van der Waals surface area contributed by atoms with Crippen LogP contribution in [0.3, 0.4) is 0 Å². The van der Waals surface area contributed by atoms with Crippen molar-refractivity contribution >= 4 is 5.97 Å². The average Bonchev–Trinajstić information content (AvgIpc) is 3.00. The minimum atomic E-state index is -4.38. The van der Waals surface area contributed by atoms with E-state index in [1.807, 2.05) is 0 Å². The summed E-state index contributed by atoms with van der Waals surface area (Å²) in [4.78, 5) is 25.7. The quantitative estimate of drug-likeness (QED) is 0.643. The van der Waals surface area contributed by atoms with Crippen molar-refractivity contribution in [2.24, 2.45) is 0 Å². The molecule has 6 nitrogen and oxygen atoms in total. The number of carboxylic acids is 1. The van der Waals surface area contributed by atoms with Crippen molar-refractivity contribution in [1.82, 2.24) is 19.9 Å². The Balaban J connectivity index is 1.50. The number of carboxylic acid groups (broad SMARTS) is 1. The Morgan fingerprint density at radius 2 is 1.94 bits per heavy atom. The van der Waals surface area contributed by atoms with Crippen LogP contribution in [0.4, 0.5) is 13.2 Å². The van der Waals surface area contributed by atoms with Crippen LogP contribution in [-0.4, -0.2) is 37.5 Å². The second-order valence-electron chi connectivity index (χ2n) is 7.74. The van der Waals surface area contributed by atoms with Gasteiger partial charge < -0.3 is 10.1 Å². The van der Waals surface area contributed by atoms with Crippen LogP contribution in [0.15, 0.2) is 30.5 Å². The second kappa shape index (κ2) is 7.81. The fourth-order valence-corrected chi connectivity index (χ4v) is 3.97. The van der Waals surface area contributed by atoms with Crippen molar-refractivity contribution < 1.29 is 23.1 Å². The highest BCUT2D eigenvalue weighted by atomic mass is 19.4. The van der Waals surface area contributed by atoms with Gasteiger partial charge in [0.2, 0.25) is 0 Å². The van der Waals surface area contributed by atoms with Crippen LogP contribution in [0.2, 0.25) is 0 Å². The molecule has 0 amide bonds. The molecule has 0 fully saturated rings. The van der Waals surface area contributed by atoms with Crippen molar-refractivity contribution in [3.05, 3.63) is 69.8 Å². The first kappa shape index (κ1) is 21.0. The van der Waals surface area contributed by atoms with Gasteiger partial charge in [-0.1, -0.05) is 12.1 Å². The lowest BCUT2D eigenvalue weighted by Crippen LogP contribution is -2.31. The topological polar surface area (TPSA) is 82.1 Å². The monoisotopic (exact) mass is 430 g/mol. The van der Waals surface area contributed by atoms with Crippen molar-refractivity contribution in [3.8, 4) is 11.4 Å². The normalized spacial score (nSPS) is 14.5. The first-order chi connectivity index (χ1) is 14.6. The largest absolute Gasteiger partial charge is 0.478 e. The molecule has 0 spiro atoms. The van der Waals surface area contributed by atoms with E-state index in [1.54, 1.807) is 20.0 Å². The molecule has 2 N–H and O–H groups in total. The third-order valence-corrected chi connectivity index (χ3v) is 5.62. The molecular weight excluding hydrogens is 409 g/mol. The van der Waals surface area contributed by atoms with E-state index in [1.165, 1.54) is 12.1 Å². The fourth-order valence-electron chi connectivity index (χ4n) is 3.97. The third-order valence-electron chi connectivity index (χ3n) is 5.62. The van der Waals surface area contributed by atoms with Gasteiger partial charge >= 0.3 is 12.1 Å². The van der Waals surface area contributed by atoms with Crippen molar-refractivity contribution in [2.75, 3.05) is 6.54 Å². The van der Waals surface area contributed by atoms with Crippen LogP contribution in [0.5, 0.6) is 0 Å². The third kappa shape index (κ3) is 4.18. The minimum absolute atomic E-state index is 0.317. The summed E-state index contributed by atoms with van der Waals surface area (Å²) in [6, 6.07) is 4.84. The maximum absolute atomic E-state index is 12.8. The molecule has 1 aliphatic heterocycles. The van der Waals surface area contributed by atoms with E-state index in [9.17, 15) is 23.1 Å². The van der Waals surface area contributed by atoms with E-state index >= 15 is 0 Å². The summed E-state index contributed by atoms with van der Waals surface area (Å²) in [7, 11) is 0. The number of rotatable bonds is 4. The summed E-state index contributed by atoms with van der Waals surface area (Å²) < 4.78 is 38.3. The van der Waals surface area contributed by atoms with Crippen LogP contribution < -0.4 is 0 Å². The predicted octanol–water partition coefficient (Wildman–Crippen LogP) is 4.36. The number of aromatic nitrogens is 3. The van der Waals surface area contributed by atoms with Gasteiger partial charge in [0.1, 0.15) is 0 Å². The van der Waals surface area contributed by atoms with Gasteiger partial charge in [-0.15, -0.1) is 0 Å². The highest BCUT2D eigenvalue weighted by Gasteiger charge is 2.30. The molecule has 9 heteroatoms. The maximum Gasteiger partial charge on any atom is 0.416 e. The zero-order chi connectivity index (χ0) is 22.3. The Labute approximate surface area is 176 Å². The molecule has 0 unspecified atom stereocenters. The van der Waals surface area contributed by atoms with E-state index in [0.717, 1.165) is 41.2 Å². The van der Waals surface area contributed by atoms with Crippen LogP contribution in [0, 0.1) is 13.8 Å². The van der Waals surface area contributed by atoms with Gasteiger partial charge in [-0.05, 0) is 31.5 Å². The van der Waals surface area contributed by atoms with E-state index in [2.05, 4.69) is 19.9 Å². The lowest BCUT2D eigenvalue weighted by Gasteiger charge is -2.28.